The molecule has 13 heteroatoms. The number of fused-ring (bicyclic) bond motifs is 1. The second kappa shape index (κ2) is 12.1. The number of alkyl halides is 1. The van der Waals surface area contributed by atoms with Gasteiger partial charge in [0.15, 0.2) is 0 Å². The Morgan fingerprint density at radius 3 is 2.49 bits per heavy atom. The van der Waals surface area contributed by atoms with Gasteiger partial charge in [-0.05, 0) is 50.6 Å². The van der Waals surface area contributed by atoms with Crippen LogP contribution in [0.1, 0.15) is 36.7 Å². The van der Waals surface area contributed by atoms with Gasteiger partial charge < -0.3 is 15.0 Å². The number of alkyl carbamates (subject to hydrolysis) is 1. The summed E-state index contributed by atoms with van der Waals surface area (Å²) in [6.07, 6.45) is -0.766. The molecule has 0 saturated heterocycles. The molecule has 0 bridgehead atoms. The average Bonchev–Trinajstić information content (AvgIpc) is 2.94. The lowest BCUT2D eigenvalue weighted by Gasteiger charge is -2.27. The fourth-order valence-electron chi connectivity index (χ4n) is 3.31. The van der Waals surface area contributed by atoms with E-state index in [4.69, 9.17) is 16.3 Å². The van der Waals surface area contributed by atoms with Crippen molar-refractivity contribution >= 4 is 68.8 Å². The van der Waals surface area contributed by atoms with Crippen LogP contribution in [0, 0.1) is 5.82 Å². The Bertz CT molecular complexity index is 1210. The van der Waals surface area contributed by atoms with E-state index in [1.54, 1.807) is 45.0 Å². The highest BCUT2D eigenvalue weighted by Gasteiger charge is 2.34. The van der Waals surface area contributed by atoms with Gasteiger partial charge in [-0.25, -0.2) is 9.18 Å². The first-order valence-corrected chi connectivity index (χ1v) is 13.5. The van der Waals surface area contributed by atoms with Crippen molar-refractivity contribution in [2.24, 2.45) is 0 Å². The maximum Gasteiger partial charge on any atom is 0.408 e. The van der Waals surface area contributed by atoms with E-state index in [9.17, 15) is 23.6 Å². The lowest BCUT2D eigenvalue weighted by Crippen LogP contribution is -2.50. The van der Waals surface area contributed by atoms with Crippen LogP contribution in [0.15, 0.2) is 41.3 Å². The van der Waals surface area contributed by atoms with Gasteiger partial charge in [0.25, 0.3) is 11.8 Å². The molecule has 3 rings (SSSR count). The predicted octanol–water partition coefficient (Wildman–Crippen LogP) is 4.17. The number of thioether (sulfide) groups is 1. The topological polar surface area (TPSA) is 117 Å². The molecule has 1 atom stereocenters. The van der Waals surface area contributed by atoms with Gasteiger partial charge in [0.1, 0.15) is 17.5 Å². The van der Waals surface area contributed by atoms with Gasteiger partial charge in [0.2, 0.25) is 5.91 Å². The van der Waals surface area contributed by atoms with Gasteiger partial charge in [-0.3, -0.25) is 25.2 Å². The number of halogens is 3. The Morgan fingerprint density at radius 2 is 1.86 bits per heavy atom. The first kappa shape index (κ1) is 28.7. The number of nitrogens with zero attached hydrogens (tertiary/aromatic N) is 1. The summed E-state index contributed by atoms with van der Waals surface area (Å²) in [5.74, 6) is -2.64. The van der Waals surface area contributed by atoms with Crippen molar-refractivity contribution < 1.29 is 28.3 Å². The molecule has 0 radical (unpaired) electrons. The first-order chi connectivity index (χ1) is 17.4. The van der Waals surface area contributed by atoms with Crippen LogP contribution in [0.4, 0.5) is 14.9 Å². The molecule has 0 aromatic heterocycles. The van der Waals surface area contributed by atoms with E-state index in [1.165, 1.54) is 11.0 Å². The van der Waals surface area contributed by atoms with Crippen LogP contribution >= 0.6 is 39.3 Å². The molecule has 3 N–H and O–H groups in total. The highest BCUT2D eigenvalue weighted by atomic mass is 79.9. The minimum atomic E-state index is -0.988. The summed E-state index contributed by atoms with van der Waals surface area (Å²) in [7, 11) is 0. The molecule has 0 spiro atoms. The van der Waals surface area contributed by atoms with Crippen LogP contribution in [-0.2, 0) is 20.9 Å². The number of hydrazine groups is 1. The maximum atomic E-state index is 15.0. The number of anilines is 1. The zero-order chi connectivity index (χ0) is 27.3. The third-order valence-corrected chi connectivity index (χ3v) is 6.83. The van der Waals surface area contributed by atoms with Crippen LogP contribution in [-0.4, -0.2) is 46.5 Å². The van der Waals surface area contributed by atoms with Crippen molar-refractivity contribution in [3.8, 4) is 0 Å². The Kier molecular flexibility index (Phi) is 9.43. The fourth-order valence-corrected chi connectivity index (χ4v) is 4.65. The number of benzene rings is 2. The largest absolute Gasteiger partial charge is 0.444 e. The predicted molar refractivity (Wildman–Crippen MR) is 142 cm³/mol. The van der Waals surface area contributed by atoms with Crippen LogP contribution in [0.5, 0.6) is 0 Å². The summed E-state index contributed by atoms with van der Waals surface area (Å²) in [6, 6.07) is 8.21. The lowest BCUT2D eigenvalue weighted by molar-refractivity contribution is -0.120. The molecule has 2 aromatic carbocycles. The number of nitrogens with one attached hydrogen (secondary N) is 3. The van der Waals surface area contributed by atoms with Gasteiger partial charge >= 0.3 is 6.09 Å². The zero-order valence-corrected chi connectivity index (χ0v) is 23.4. The Labute approximate surface area is 230 Å². The van der Waals surface area contributed by atoms with Crippen molar-refractivity contribution in [3.63, 3.8) is 0 Å². The molecule has 2 aromatic rings. The number of rotatable bonds is 5. The van der Waals surface area contributed by atoms with Gasteiger partial charge in [0, 0.05) is 15.7 Å². The molecule has 0 aliphatic carbocycles. The van der Waals surface area contributed by atoms with Crippen molar-refractivity contribution in [1.82, 2.24) is 16.2 Å². The van der Waals surface area contributed by atoms with Crippen molar-refractivity contribution in [1.29, 1.82) is 0 Å². The van der Waals surface area contributed by atoms with Crippen LogP contribution in [0.2, 0.25) is 5.02 Å². The summed E-state index contributed by atoms with van der Waals surface area (Å²) in [6.45, 7) is 5.17. The number of carbonyl (C=O) groups excluding carboxylic acids is 4. The smallest absolute Gasteiger partial charge is 0.408 e. The standard InChI is InChI=1S/C24H25BrClFN4O5S/c1-24(2,3)36-23(35)28-17-12-37-19-9-16(27)15(21(33)30-29-20(32)10-25)8-18(19)31(22(17)34)11-13-4-6-14(26)7-5-13/h4-9,17H,10-12H2,1-3H3,(H,28,35)(H,29,32)(H,30,33)/t17-/m0/s1. The Morgan fingerprint density at radius 1 is 1.19 bits per heavy atom. The second-order valence-corrected chi connectivity index (χ2v) is 11.1. The molecule has 37 heavy (non-hydrogen) atoms. The summed E-state index contributed by atoms with van der Waals surface area (Å²) < 4.78 is 20.3. The third-order valence-electron chi connectivity index (χ3n) is 4.94. The van der Waals surface area contributed by atoms with E-state index in [1.807, 2.05) is 0 Å². The molecule has 4 amide bonds. The molecule has 198 valence electrons. The quantitative estimate of drug-likeness (QED) is 0.344. The van der Waals surface area contributed by atoms with Crippen LogP contribution in [0.25, 0.3) is 0 Å². The van der Waals surface area contributed by atoms with Crippen molar-refractivity contribution in [3.05, 3.63) is 58.4 Å². The SMILES string of the molecule is CC(C)(C)OC(=O)N[C@H]1CSc2cc(F)c(C(=O)NNC(=O)CBr)cc2N(Cc2ccc(Cl)cc2)C1=O. The normalized spacial score (nSPS) is 15.4. The van der Waals surface area contributed by atoms with Gasteiger partial charge in [-0.15, -0.1) is 11.8 Å². The zero-order valence-electron chi connectivity index (χ0n) is 20.2. The summed E-state index contributed by atoms with van der Waals surface area (Å²) >= 11 is 10.1. The number of ether oxygens (including phenoxy) is 1. The number of hydrogen-bond acceptors (Lipinski definition) is 6. The molecule has 0 saturated carbocycles. The molecular formula is C24H25BrClFN4O5S. The molecule has 0 fully saturated rings. The molecule has 1 heterocycles. The fraction of sp³-hybridized carbons (Fsp3) is 0.333. The molecule has 0 unspecified atom stereocenters. The van der Waals surface area contributed by atoms with Crippen molar-refractivity contribution in [2.75, 3.05) is 16.0 Å². The third kappa shape index (κ3) is 7.83. The van der Waals surface area contributed by atoms with E-state index in [2.05, 4.69) is 32.1 Å². The lowest BCUT2D eigenvalue weighted by atomic mass is 10.1. The second-order valence-electron chi connectivity index (χ2n) is 9.00. The highest BCUT2D eigenvalue weighted by molar-refractivity contribution is 9.09. The average molecular weight is 616 g/mol. The van der Waals surface area contributed by atoms with E-state index < -0.39 is 41.3 Å². The van der Waals surface area contributed by atoms with Gasteiger partial charge in [-0.1, -0.05) is 39.7 Å². The van der Waals surface area contributed by atoms with E-state index >= 15 is 0 Å². The molecule has 1 aliphatic heterocycles. The van der Waals surface area contributed by atoms with Crippen molar-refractivity contribution in [2.45, 2.75) is 43.9 Å². The minimum Gasteiger partial charge on any atom is -0.444 e. The molecule has 1 aliphatic rings. The summed E-state index contributed by atoms with van der Waals surface area (Å²) in [4.78, 5) is 51.9. The van der Waals surface area contributed by atoms with Crippen LogP contribution < -0.4 is 21.1 Å². The van der Waals surface area contributed by atoms with Gasteiger partial charge in [0.05, 0.1) is 23.1 Å². The first-order valence-electron chi connectivity index (χ1n) is 11.0. The minimum absolute atomic E-state index is 0.0586. The van der Waals surface area contributed by atoms with Gasteiger partial charge in [-0.2, -0.15) is 0 Å². The number of carbonyl (C=O) groups is 4. The van der Waals surface area contributed by atoms with E-state index in [0.717, 1.165) is 17.8 Å². The summed E-state index contributed by atoms with van der Waals surface area (Å²) in [5, 5.41) is 3.05. The highest BCUT2D eigenvalue weighted by Crippen LogP contribution is 2.37. The van der Waals surface area contributed by atoms with E-state index in [-0.39, 0.29) is 28.9 Å². The summed E-state index contributed by atoms with van der Waals surface area (Å²) in [5.41, 5.74) is 4.14. The monoisotopic (exact) mass is 614 g/mol. The molecule has 9 nitrogen and oxygen atoms in total. The molecular weight excluding hydrogens is 591 g/mol. The number of amides is 4. The Hall–Kier alpha value is -2.83. The maximum absolute atomic E-state index is 15.0. The number of hydrogen-bond donors (Lipinski definition) is 3. The Balaban J connectivity index is 1.98. The van der Waals surface area contributed by atoms with Crippen LogP contribution in [0.3, 0.4) is 0 Å². The van der Waals surface area contributed by atoms with E-state index in [0.29, 0.717) is 15.5 Å².